The molecule has 17 heavy (non-hydrogen) atoms. The largest absolute Gasteiger partial charge is 0.341 e. The van der Waals surface area contributed by atoms with Crippen molar-refractivity contribution in [2.45, 2.75) is 26.4 Å². The number of nitrogens with zero attached hydrogens (tertiary/aromatic N) is 1. The topological polar surface area (TPSA) is 40.7 Å². The number of imidazole rings is 1. The van der Waals surface area contributed by atoms with Crippen LogP contribution in [0.25, 0.3) is 11.4 Å². The van der Waals surface area contributed by atoms with E-state index >= 15 is 0 Å². The minimum absolute atomic E-state index is 0.479. The molecule has 0 aliphatic rings. The van der Waals surface area contributed by atoms with E-state index in [1.54, 1.807) is 0 Å². The number of hydrogen-bond donors (Lipinski definition) is 2. The highest BCUT2D eigenvalue weighted by Crippen LogP contribution is 2.20. The van der Waals surface area contributed by atoms with E-state index in [0.29, 0.717) is 6.04 Å². The highest BCUT2D eigenvalue weighted by molar-refractivity contribution is 9.10. The maximum atomic E-state index is 4.39. The van der Waals surface area contributed by atoms with Gasteiger partial charge >= 0.3 is 0 Å². The Bertz CT molecular complexity index is 491. The summed E-state index contributed by atoms with van der Waals surface area (Å²) >= 11 is 3.46. The highest BCUT2D eigenvalue weighted by Gasteiger charge is 2.04. The molecule has 0 spiro atoms. The van der Waals surface area contributed by atoms with Gasteiger partial charge in [0, 0.05) is 34.5 Å². The zero-order chi connectivity index (χ0) is 12.3. The second kappa shape index (κ2) is 5.47. The molecular weight excluding hydrogens is 278 g/mol. The number of H-pyrrole nitrogens is 1. The van der Waals surface area contributed by atoms with Crippen LogP contribution in [-0.4, -0.2) is 16.0 Å². The summed E-state index contributed by atoms with van der Waals surface area (Å²) in [6, 6.07) is 8.59. The van der Waals surface area contributed by atoms with Gasteiger partial charge in [-0.2, -0.15) is 0 Å². The SMILES string of the molecule is CC(C)NCc1cnc(-c2cccc(Br)c2)[nH]1. The van der Waals surface area contributed by atoms with Crippen molar-refractivity contribution in [3.8, 4) is 11.4 Å². The average Bonchev–Trinajstić information content (AvgIpc) is 2.75. The van der Waals surface area contributed by atoms with Crippen LogP contribution in [0.4, 0.5) is 0 Å². The molecule has 1 aromatic heterocycles. The van der Waals surface area contributed by atoms with Crippen LogP contribution < -0.4 is 5.32 Å². The fraction of sp³-hybridized carbons (Fsp3) is 0.308. The van der Waals surface area contributed by atoms with Gasteiger partial charge in [0.15, 0.2) is 0 Å². The van der Waals surface area contributed by atoms with Gasteiger partial charge in [-0.25, -0.2) is 4.98 Å². The minimum Gasteiger partial charge on any atom is -0.341 e. The third kappa shape index (κ3) is 3.41. The Morgan fingerprint density at radius 3 is 2.94 bits per heavy atom. The summed E-state index contributed by atoms with van der Waals surface area (Å²) in [4.78, 5) is 7.71. The first-order valence-electron chi connectivity index (χ1n) is 5.68. The Labute approximate surface area is 110 Å². The van der Waals surface area contributed by atoms with Gasteiger partial charge in [-0.05, 0) is 12.1 Å². The van der Waals surface area contributed by atoms with Crippen LogP contribution in [0.3, 0.4) is 0 Å². The van der Waals surface area contributed by atoms with Gasteiger partial charge in [0.2, 0.25) is 0 Å². The molecule has 90 valence electrons. The molecule has 4 heteroatoms. The number of aromatic amines is 1. The summed E-state index contributed by atoms with van der Waals surface area (Å²) in [6.07, 6.45) is 1.88. The van der Waals surface area contributed by atoms with E-state index in [1.165, 1.54) is 0 Å². The lowest BCUT2D eigenvalue weighted by molar-refractivity contribution is 0.583. The van der Waals surface area contributed by atoms with Crippen molar-refractivity contribution in [1.82, 2.24) is 15.3 Å². The fourth-order valence-corrected chi connectivity index (χ4v) is 1.94. The molecule has 0 saturated heterocycles. The van der Waals surface area contributed by atoms with Crippen LogP contribution >= 0.6 is 15.9 Å². The van der Waals surface area contributed by atoms with Gasteiger partial charge in [-0.3, -0.25) is 0 Å². The van der Waals surface area contributed by atoms with Crippen LogP contribution in [0.5, 0.6) is 0 Å². The first-order chi connectivity index (χ1) is 8.15. The van der Waals surface area contributed by atoms with Crippen LogP contribution in [0, 0.1) is 0 Å². The number of nitrogens with one attached hydrogen (secondary N) is 2. The van der Waals surface area contributed by atoms with Crippen molar-refractivity contribution in [1.29, 1.82) is 0 Å². The van der Waals surface area contributed by atoms with Gasteiger partial charge in [0.25, 0.3) is 0 Å². The predicted molar refractivity (Wildman–Crippen MR) is 73.7 cm³/mol. The Morgan fingerprint density at radius 2 is 2.24 bits per heavy atom. The standard InChI is InChI=1S/C13H16BrN3/c1-9(2)15-7-12-8-16-13(17-12)10-4-3-5-11(14)6-10/h3-6,8-9,15H,7H2,1-2H3,(H,16,17). The average molecular weight is 294 g/mol. The Kier molecular flexibility index (Phi) is 3.97. The van der Waals surface area contributed by atoms with Gasteiger partial charge in [-0.15, -0.1) is 0 Å². The third-order valence-electron chi connectivity index (χ3n) is 2.43. The van der Waals surface area contributed by atoms with E-state index in [1.807, 2.05) is 24.4 Å². The summed E-state index contributed by atoms with van der Waals surface area (Å²) in [7, 11) is 0. The van der Waals surface area contributed by atoms with E-state index in [4.69, 9.17) is 0 Å². The zero-order valence-corrected chi connectivity index (χ0v) is 11.6. The Hall–Kier alpha value is -1.13. The second-order valence-electron chi connectivity index (χ2n) is 4.30. The maximum absolute atomic E-state index is 4.39. The fourth-order valence-electron chi connectivity index (χ4n) is 1.55. The summed E-state index contributed by atoms with van der Waals surface area (Å²) in [5.41, 5.74) is 2.20. The molecule has 0 unspecified atom stereocenters. The van der Waals surface area contributed by atoms with Crippen molar-refractivity contribution in [3.05, 3.63) is 40.6 Å². The van der Waals surface area contributed by atoms with Crippen molar-refractivity contribution in [2.24, 2.45) is 0 Å². The van der Waals surface area contributed by atoms with E-state index in [-0.39, 0.29) is 0 Å². The van der Waals surface area contributed by atoms with Crippen LogP contribution in [0.2, 0.25) is 0 Å². The van der Waals surface area contributed by atoms with Crippen molar-refractivity contribution < 1.29 is 0 Å². The molecule has 0 atom stereocenters. The van der Waals surface area contributed by atoms with E-state index in [9.17, 15) is 0 Å². The molecule has 0 amide bonds. The molecule has 0 bridgehead atoms. The molecule has 2 aromatic rings. The predicted octanol–water partition coefficient (Wildman–Crippen LogP) is 3.34. The molecular formula is C13H16BrN3. The summed E-state index contributed by atoms with van der Waals surface area (Å²) in [5.74, 6) is 0.909. The van der Waals surface area contributed by atoms with Crippen molar-refractivity contribution >= 4 is 15.9 Å². The molecule has 0 radical (unpaired) electrons. The maximum Gasteiger partial charge on any atom is 0.137 e. The molecule has 1 aromatic carbocycles. The molecule has 3 nitrogen and oxygen atoms in total. The van der Waals surface area contributed by atoms with Gasteiger partial charge in [0.1, 0.15) is 5.82 Å². The molecule has 2 rings (SSSR count). The van der Waals surface area contributed by atoms with Gasteiger partial charge in [-0.1, -0.05) is 41.9 Å². The third-order valence-corrected chi connectivity index (χ3v) is 2.92. The summed E-state index contributed by atoms with van der Waals surface area (Å²) in [5, 5.41) is 3.36. The number of rotatable bonds is 4. The molecule has 1 heterocycles. The summed E-state index contributed by atoms with van der Waals surface area (Å²) in [6.45, 7) is 5.08. The zero-order valence-electron chi connectivity index (χ0n) is 10.00. The number of hydrogen-bond acceptors (Lipinski definition) is 2. The minimum atomic E-state index is 0.479. The number of aromatic nitrogens is 2. The number of halogens is 1. The quantitative estimate of drug-likeness (QED) is 0.908. The molecule has 0 aliphatic heterocycles. The number of benzene rings is 1. The smallest absolute Gasteiger partial charge is 0.137 e. The first kappa shape index (κ1) is 12.3. The van der Waals surface area contributed by atoms with E-state index in [0.717, 1.165) is 28.1 Å². The van der Waals surface area contributed by atoms with Crippen LogP contribution in [0.1, 0.15) is 19.5 Å². The Balaban J connectivity index is 2.12. The van der Waals surface area contributed by atoms with E-state index < -0.39 is 0 Å². The lowest BCUT2D eigenvalue weighted by Gasteiger charge is -2.05. The molecule has 0 saturated carbocycles. The first-order valence-corrected chi connectivity index (χ1v) is 6.47. The molecule has 2 N–H and O–H groups in total. The van der Waals surface area contributed by atoms with Gasteiger partial charge in [0.05, 0.1) is 0 Å². The second-order valence-corrected chi connectivity index (χ2v) is 5.22. The molecule has 0 aliphatic carbocycles. The molecule has 0 fully saturated rings. The van der Waals surface area contributed by atoms with Crippen LogP contribution in [-0.2, 0) is 6.54 Å². The summed E-state index contributed by atoms with van der Waals surface area (Å²) < 4.78 is 1.06. The normalized spacial score (nSPS) is 11.1. The lowest BCUT2D eigenvalue weighted by Crippen LogP contribution is -2.21. The lowest BCUT2D eigenvalue weighted by atomic mass is 10.2. The van der Waals surface area contributed by atoms with Gasteiger partial charge < -0.3 is 10.3 Å². The van der Waals surface area contributed by atoms with Crippen LogP contribution in [0.15, 0.2) is 34.9 Å². The Morgan fingerprint density at radius 1 is 1.41 bits per heavy atom. The monoisotopic (exact) mass is 293 g/mol. The van der Waals surface area contributed by atoms with Crippen molar-refractivity contribution in [3.63, 3.8) is 0 Å². The van der Waals surface area contributed by atoms with Crippen molar-refractivity contribution in [2.75, 3.05) is 0 Å². The highest BCUT2D eigenvalue weighted by atomic mass is 79.9. The van der Waals surface area contributed by atoms with E-state index in [2.05, 4.69) is 51.1 Å².